The van der Waals surface area contributed by atoms with Crippen molar-refractivity contribution in [1.29, 1.82) is 0 Å². The van der Waals surface area contributed by atoms with E-state index in [0.29, 0.717) is 17.0 Å². The van der Waals surface area contributed by atoms with E-state index in [4.69, 9.17) is 0 Å². The minimum atomic E-state index is -0.277. The Morgan fingerprint density at radius 2 is 1.88 bits per heavy atom. The van der Waals surface area contributed by atoms with Crippen LogP contribution in [-0.4, -0.2) is 33.2 Å². The van der Waals surface area contributed by atoms with Gasteiger partial charge in [-0.3, -0.25) is 29.4 Å². The van der Waals surface area contributed by atoms with Crippen molar-refractivity contribution < 1.29 is 14.4 Å². The third-order valence-electron chi connectivity index (χ3n) is 4.20. The zero-order valence-electron chi connectivity index (χ0n) is 14.8. The number of carbonyl (C=O) groups excluding carboxylic acids is 3. The Morgan fingerprint density at radius 1 is 1.19 bits per heavy atom. The molecule has 1 aromatic carbocycles. The Morgan fingerprint density at radius 3 is 2.50 bits per heavy atom. The normalized spacial score (nSPS) is 15.8. The lowest BCUT2D eigenvalue weighted by molar-refractivity contribution is -0.122. The van der Waals surface area contributed by atoms with Gasteiger partial charge in [0.05, 0.1) is 4.91 Å². The van der Waals surface area contributed by atoms with Crippen LogP contribution in [0.4, 0.5) is 4.79 Å². The summed E-state index contributed by atoms with van der Waals surface area (Å²) in [5.41, 5.74) is 5.82. The van der Waals surface area contributed by atoms with Crippen LogP contribution >= 0.6 is 11.8 Å². The number of amides is 3. The number of carbonyl (C=O) groups is 3. The number of rotatable bonds is 4. The molecule has 0 saturated carbocycles. The van der Waals surface area contributed by atoms with Gasteiger partial charge < -0.3 is 0 Å². The van der Waals surface area contributed by atoms with Crippen LogP contribution in [0.1, 0.15) is 34.2 Å². The number of nitrogens with zero attached hydrogens (tertiary/aromatic N) is 2. The van der Waals surface area contributed by atoms with E-state index in [1.54, 1.807) is 41.9 Å². The van der Waals surface area contributed by atoms with Gasteiger partial charge in [0.25, 0.3) is 17.1 Å². The molecular formula is C19H19N3O3S. The largest absolute Gasteiger partial charge is 0.293 e. The van der Waals surface area contributed by atoms with Crippen LogP contribution in [0, 0.1) is 13.8 Å². The fourth-order valence-corrected chi connectivity index (χ4v) is 3.67. The minimum Gasteiger partial charge on any atom is -0.269 e. The van der Waals surface area contributed by atoms with Gasteiger partial charge in [0.15, 0.2) is 0 Å². The topological polar surface area (TPSA) is 71.4 Å². The second kappa shape index (κ2) is 7.21. The first-order chi connectivity index (χ1) is 12.4. The van der Waals surface area contributed by atoms with Gasteiger partial charge in [-0.25, -0.2) is 0 Å². The number of benzene rings is 1. The lowest BCUT2D eigenvalue weighted by Gasteiger charge is -2.11. The summed E-state index contributed by atoms with van der Waals surface area (Å²) in [6.07, 6.45) is 1.70. The molecule has 2 aromatic rings. The summed E-state index contributed by atoms with van der Waals surface area (Å²) in [7, 11) is 0. The van der Waals surface area contributed by atoms with Crippen LogP contribution in [-0.2, 0) is 4.79 Å². The Labute approximate surface area is 155 Å². The van der Waals surface area contributed by atoms with Gasteiger partial charge in [0, 0.05) is 23.5 Å². The van der Waals surface area contributed by atoms with E-state index in [1.807, 2.05) is 26.0 Å². The van der Waals surface area contributed by atoms with Gasteiger partial charge in [0.1, 0.15) is 0 Å². The average Bonchev–Trinajstić information content (AvgIpc) is 3.05. The summed E-state index contributed by atoms with van der Waals surface area (Å²) in [6.45, 7) is 5.85. The van der Waals surface area contributed by atoms with E-state index in [2.05, 4.69) is 5.43 Å². The Hall–Kier alpha value is -2.80. The monoisotopic (exact) mass is 369 g/mol. The summed E-state index contributed by atoms with van der Waals surface area (Å²) in [5, 5.41) is -0.255. The maximum atomic E-state index is 12.4. The molecule has 1 aromatic heterocycles. The zero-order valence-corrected chi connectivity index (χ0v) is 15.6. The molecule has 3 rings (SSSR count). The third kappa shape index (κ3) is 3.30. The number of hydrogen-bond acceptors (Lipinski definition) is 4. The minimum absolute atomic E-state index is 0.217. The van der Waals surface area contributed by atoms with Crippen molar-refractivity contribution in [2.24, 2.45) is 0 Å². The smallest absolute Gasteiger partial charge is 0.269 e. The molecule has 1 fully saturated rings. The molecule has 1 N–H and O–H groups in total. The predicted molar refractivity (Wildman–Crippen MR) is 102 cm³/mol. The van der Waals surface area contributed by atoms with Gasteiger partial charge in [-0.05, 0) is 62.4 Å². The van der Waals surface area contributed by atoms with Crippen molar-refractivity contribution in [3.05, 3.63) is 63.8 Å². The van der Waals surface area contributed by atoms with Crippen LogP contribution in [0.15, 0.2) is 41.3 Å². The molecule has 26 heavy (non-hydrogen) atoms. The molecule has 0 aliphatic carbocycles. The standard InChI is InChI=1S/C19H19N3O3S/c1-4-21-18(24)16(26-19(21)25)11-15-10-12(2)22(13(15)3)20-17(23)14-8-6-5-7-9-14/h5-11H,4H2,1-3H3,(H,20,23)/b16-11-. The molecule has 7 heteroatoms. The SMILES string of the molecule is CCN1C(=O)S/C(=C\c2cc(C)n(NC(=O)c3ccccc3)c2C)C1=O. The summed E-state index contributed by atoms with van der Waals surface area (Å²) >= 11 is 0.938. The fourth-order valence-electron chi connectivity index (χ4n) is 2.78. The number of hydrogen-bond donors (Lipinski definition) is 1. The number of aryl methyl sites for hydroxylation is 1. The third-order valence-corrected chi connectivity index (χ3v) is 5.10. The lowest BCUT2D eigenvalue weighted by Crippen LogP contribution is -2.27. The molecule has 0 atom stereocenters. The molecule has 1 aliphatic heterocycles. The van der Waals surface area contributed by atoms with Gasteiger partial charge in [-0.2, -0.15) is 0 Å². The highest BCUT2D eigenvalue weighted by molar-refractivity contribution is 8.18. The highest BCUT2D eigenvalue weighted by Gasteiger charge is 2.33. The van der Waals surface area contributed by atoms with Crippen LogP contribution in [0.3, 0.4) is 0 Å². The van der Waals surface area contributed by atoms with Crippen molar-refractivity contribution in [3.8, 4) is 0 Å². The van der Waals surface area contributed by atoms with Crippen LogP contribution in [0.2, 0.25) is 0 Å². The quantitative estimate of drug-likeness (QED) is 0.837. The Balaban J connectivity index is 1.87. The first-order valence-corrected chi connectivity index (χ1v) is 9.04. The molecule has 1 saturated heterocycles. The van der Waals surface area contributed by atoms with Crippen molar-refractivity contribution in [1.82, 2.24) is 9.58 Å². The van der Waals surface area contributed by atoms with E-state index in [-0.39, 0.29) is 17.1 Å². The molecule has 3 amide bonds. The molecule has 0 spiro atoms. The molecular weight excluding hydrogens is 350 g/mol. The first kappa shape index (κ1) is 18.0. The first-order valence-electron chi connectivity index (χ1n) is 8.23. The number of likely N-dealkylation sites (N-methyl/N-ethyl adjacent to an activating group) is 1. The molecule has 2 heterocycles. The van der Waals surface area contributed by atoms with Gasteiger partial charge in [-0.1, -0.05) is 18.2 Å². The van der Waals surface area contributed by atoms with Crippen molar-refractivity contribution in [2.75, 3.05) is 12.0 Å². The van der Waals surface area contributed by atoms with E-state index in [0.717, 1.165) is 28.7 Å². The highest BCUT2D eigenvalue weighted by atomic mass is 32.2. The summed E-state index contributed by atoms with van der Waals surface area (Å²) in [5.74, 6) is -0.495. The van der Waals surface area contributed by atoms with E-state index in [9.17, 15) is 14.4 Å². The Bertz CT molecular complexity index is 916. The average molecular weight is 369 g/mol. The van der Waals surface area contributed by atoms with E-state index in [1.165, 1.54) is 4.90 Å². The lowest BCUT2D eigenvalue weighted by atomic mass is 10.2. The summed E-state index contributed by atoms with van der Waals surface area (Å²) in [6, 6.07) is 10.8. The second-order valence-electron chi connectivity index (χ2n) is 5.89. The number of nitrogens with one attached hydrogen (secondary N) is 1. The fraction of sp³-hybridized carbons (Fsp3) is 0.211. The predicted octanol–water partition coefficient (Wildman–Crippen LogP) is 3.55. The Kier molecular flexibility index (Phi) is 4.99. The number of aromatic nitrogens is 1. The summed E-state index contributed by atoms with van der Waals surface area (Å²) < 4.78 is 1.69. The molecule has 134 valence electrons. The van der Waals surface area contributed by atoms with E-state index >= 15 is 0 Å². The molecule has 0 bridgehead atoms. The van der Waals surface area contributed by atoms with Crippen LogP contribution < -0.4 is 5.43 Å². The van der Waals surface area contributed by atoms with Crippen molar-refractivity contribution in [3.63, 3.8) is 0 Å². The maximum Gasteiger partial charge on any atom is 0.293 e. The van der Waals surface area contributed by atoms with Gasteiger partial charge >= 0.3 is 0 Å². The van der Waals surface area contributed by atoms with E-state index < -0.39 is 0 Å². The number of imide groups is 1. The summed E-state index contributed by atoms with van der Waals surface area (Å²) in [4.78, 5) is 38.1. The molecule has 0 unspecified atom stereocenters. The number of thioether (sulfide) groups is 1. The van der Waals surface area contributed by atoms with Crippen molar-refractivity contribution in [2.45, 2.75) is 20.8 Å². The molecule has 6 nitrogen and oxygen atoms in total. The maximum absolute atomic E-state index is 12.4. The van der Waals surface area contributed by atoms with Crippen LogP contribution in [0.5, 0.6) is 0 Å². The zero-order chi connectivity index (χ0) is 18.8. The second-order valence-corrected chi connectivity index (χ2v) is 6.89. The van der Waals surface area contributed by atoms with Gasteiger partial charge in [-0.15, -0.1) is 0 Å². The van der Waals surface area contributed by atoms with Crippen LogP contribution in [0.25, 0.3) is 6.08 Å². The van der Waals surface area contributed by atoms with Crippen molar-refractivity contribution >= 4 is 34.9 Å². The molecule has 1 aliphatic rings. The van der Waals surface area contributed by atoms with Gasteiger partial charge in [0.2, 0.25) is 0 Å². The highest BCUT2D eigenvalue weighted by Crippen LogP contribution is 2.32. The molecule has 0 radical (unpaired) electrons.